The molecule has 0 aliphatic carbocycles. The molecule has 3 aromatic carbocycles. The van der Waals surface area contributed by atoms with Crippen LogP contribution >= 0.6 is 0 Å². The quantitative estimate of drug-likeness (QED) is 0.148. The summed E-state index contributed by atoms with van der Waals surface area (Å²) < 4.78 is 22.3. The number of amides is 4. The van der Waals surface area contributed by atoms with Crippen molar-refractivity contribution in [3.8, 4) is 28.7 Å². The lowest BCUT2D eigenvalue weighted by atomic mass is 10.00. The van der Waals surface area contributed by atoms with Crippen LogP contribution in [0.25, 0.3) is 0 Å². The molecule has 0 fully saturated rings. The fraction of sp³-hybridized carbons (Fsp3) is 0.333. The van der Waals surface area contributed by atoms with Gasteiger partial charge in [0.2, 0.25) is 12.7 Å². The van der Waals surface area contributed by atoms with Gasteiger partial charge in [0, 0.05) is 12.0 Å². The van der Waals surface area contributed by atoms with Crippen molar-refractivity contribution in [3.63, 3.8) is 0 Å². The average Bonchev–Trinajstić information content (AvgIpc) is 3.71. The SMILES string of the molecule is CC(C)CC(NC(=O)COc1ccc(NC(=O)Nc2ccccc2O)c2c1CCO2)C(=O)NC(CC(=O)O)c1ccc2c(c1)OCO2. The van der Waals surface area contributed by atoms with Crippen molar-refractivity contribution >= 4 is 35.2 Å². The van der Waals surface area contributed by atoms with Crippen molar-refractivity contribution in [2.75, 3.05) is 30.6 Å². The number of carbonyl (C=O) groups is 4. The van der Waals surface area contributed by atoms with Crippen LogP contribution in [0, 0.1) is 5.92 Å². The number of fused-ring (bicyclic) bond motifs is 2. The summed E-state index contributed by atoms with van der Waals surface area (Å²) >= 11 is 0. The van der Waals surface area contributed by atoms with E-state index in [2.05, 4.69) is 21.3 Å². The van der Waals surface area contributed by atoms with E-state index in [1.807, 2.05) is 13.8 Å². The number of nitrogens with one attached hydrogen (secondary N) is 4. The van der Waals surface area contributed by atoms with Gasteiger partial charge in [0.25, 0.3) is 5.91 Å². The van der Waals surface area contributed by atoms with Gasteiger partial charge in [-0.2, -0.15) is 0 Å². The molecule has 0 saturated heterocycles. The number of phenols is 1. The molecule has 2 heterocycles. The van der Waals surface area contributed by atoms with E-state index in [0.717, 1.165) is 0 Å². The van der Waals surface area contributed by atoms with Gasteiger partial charge in [-0.25, -0.2) is 4.79 Å². The van der Waals surface area contributed by atoms with Gasteiger partial charge >= 0.3 is 12.0 Å². The van der Waals surface area contributed by atoms with Crippen LogP contribution in [0.5, 0.6) is 28.7 Å². The topological polar surface area (TPSA) is 194 Å². The summed E-state index contributed by atoms with van der Waals surface area (Å²) in [4.78, 5) is 50.7. The third kappa shape index (κ3) is 8.34. The molecule has 2 unspecified atom stereocenters. The van der Waals surface area contributed by atoms with E-state index in [4.69, 9.17) is 18.9 Å². The largest absolute Gasteiger partial charge is 0.506 e. The Morgan fingerprint density at radius 2 is 1.68 bits per heavy atom. The van der Waals surface area contributed by atoms with Crippen molar-refractivity contribution < 1.29 is 48.3 Å². The molecule has 0 saturated carbocycles. The highest BCUT2D eigenvalue weighted by Crippen LogP contribution is 2.40. The van der Waals surface area contributed by atoms with Crippen LogP contribution in [0.2, 0.25) is 0 Å². The number of hydrogen-bond donors (Lipinski definition) is 6. The molecule has 2 atom stereocenters. The second-order valence-electron chi connectivity index (χ2n) is 11.4. The van der Waals surface area contributed by atoms with Crippen molar-refractivity contribution in [1.82, 2.24) is 10.6 Å². The second kappa shape index (κ2) is 14.6. The maximum Gasteiger partial charge on any atom is 0.323 e. The minimum atomic E-state index is -1.11. The lowest BCUT2D eigenvalue weighted by molar-refractivity contribution is -0.138. The number of rotatable bonds is 13. The summed E-state index contributed by atoms with van der Waals surface area (Å²) in [5.41, 5.74) is 1.81. The Labute approximate surface area is 270 Å². The van der Waals surface area contributed by atoms with E-state index >= 15 is 0 Å². The van der Waals surface area contributed by atoms with E-state index in [0.29, 0.717) is 59.3 Å². The van der Waals surface area contributed by atoms with E-state index in [-0.39, 0.29) is 30.6 Å². The summed E-state index contributed by atoms with van der Waals surface area (Å²) in [6.07, 6.45) is 0.391. The molecule has 0 aromatic heterocycles. The van der Waals surface area contributed by atoms with E-state index in [9.17, 15) is 29.4 Å². The Hall–Kier alpha value is -5.66. The van der Waals surface area contributed by atoms with Crippen LogP contribution in [0.4, 0.5) is 16.2 Å². The van der Waals surface area contributed by atoms with Crippen LogP contribution in [-0.2, 0) is 20.8 Å². The first-order valence-corrected chi connectivity index (χ1v) is 15.1. The van der Waals surface area contributed by atoms with Gasteiger partial charge in [-0.3, -0.25) is 14.4 Å². The number of carboxylic acids is 1. The van der Waals surface area contributed by atoms with Crippen molar-refractivity contribution in [1.29, 1.82) is 0 Å². The average molecular weight is 649 g/mol. The standard InChI is InChI=1S/C33H36N4O10/c1-18(2)13-24(32(42)35-23(15-30(40)41)19-7-9-27-28(14-19)47-17-46-27)34-29(39)16-45-26-10-8-22(31-20(26)11-12-44-31)37-33(43)36-21-5-3-4-6-25(21)38/h3-10,14,18,23-24,38H,11-13,15-17H2,1-2H3,(H,34,39)(H,35,42)(H,40,41)(H2,36,37,43). The zero-order valence-electron chi connectivity index (χ0n) is 25.8. The summed E-state index contributed by atoms with van der Waals surface area (Å²) in [5, 5.41) is 30.2. The van der Waals surface area contributed by atoms with Crippen molar-refractivity contribution in [3.05, 3.63) is 65.7 Å². The van der Waals surface area contributed by atoms with Crippen LogP contribution in [-0.4, -0.2) is 60.1 Å². The van der Waals surface area contributed by atoms with Crippen LogP contribution in [0.3, 0.4) is 0 Å². The molecule has 47 heavy (non-hydrogen) atoms. The van der Waals surface area contributed by atoms with E-state index in [1.54, 1.807) is 48.5 Å². The second-order valence-corrected chi connectivity index (χ2v) is 11.4. The number of urea groups is 1. The molecular formula is C33H36N4O10. The van der Waals surface area contributed by atoms with Gasteiger partial charge < -0.3 is 50.4 Å². The summed E-state index contributed by atoms with van der Waals surface area (Å²) in [6, 6.07) is 12.0. The van der Waals surface area contributed by atoms with Gasteiger partial charge in [-0.05, 0) is 54.3 Å². The number of aromatic hydroxyl groups is 1. The van der Waals surface area contributed by atoms with Gasteiger partial charge in [0.05, 0.1) is 30.4 Å². The minimum absolute atomic E-state index is 0.0268. The lowest BCUT2D eigenvalue weighted by Crippen LogP contribution is -2.49. The van der Waals surface area contributed by atoms with Crippen molar-refractivity contribution in [2.24, 2.45) is 5.92 Å². The number of carboxylic acid groups (broad SMARTS) is 1. The maximum atomic E-state index is 13.4. The first kappa shape index (κ1) is 32.7. The smallest absolute Gasteiger partial charge is 0.323 e. The first-order valence-electron chi connectivity index (χ1n) is 15.1. The van der Waals surface area contributed by atoms with Crippen LogP contribution in [0.1, 0.15) is 43.9 Å². The van der Waals surface area contributed by atoms with Gasteiger partial charge in [0.1, 0.15) is 23.3 Å². The number of benzene rings is 3. The predicted molar refractivity (Wildman–Crippen MR) is 169 cm³/mol. The van der Waals surface area contributed by atoms with Gasteiger partial charge in [0.15, 0.2) is 18.1 Å². The molecule has 0 radical (unpaired) electrons. The molecule has 248 valence electrons. The first-order chi connectivity index (χ1) is 22.6. The Kier molecular flexibility index (Phi) is 10.2. The van der Waals surface area contributed by atoms with Crippen LogP contribution < -0.4 is 40.2 Å². The number of anilines is 2. The van der Waals surface area contributed by atoms with Gasteiger partial charge in [-0.15, -0.1) is 0 Å². The Morgan fingerprint density at radius 1 is 0.915 bits per heavy atom. The number of phenolic OH excluding ortho intramolecular Hbond substituents is 1. The molecule has 4 amide bonds. The summed E-state index contributed by atoms with van der Waals surface area (Å²) in [7, 11) is 0. The zero-order valence-corrected chi connectivity index (χ0v) is 25.8. The molecule has 5 rings (SSSR count). The third-order valence-corrected chi connectivity index (χ3v) is 7.43. The number of hydrogen-bond acceptors (Lipinski definition) is 9. The highest BCUT2D eigenvalue weighted by atomic mass is 16.7. The fourth-order valence-corrected chi connectivity index (χ4v) is 5.27. The molecule has 3 aromatic rings. The summed E-state index contributed by atoms with van der Waals surface area (Å²) in [5.74, 6) is -0.496. The number of aliphatic carboxylic acids is 1. The fourth-order valence-electron chi connectivity index (χ4n) is 5.27. The Bertz CT molecular complexity index is 1660. The number of ether oxygens (including phenoxy) is 4. The molecule has 0 bridgehead atoms. The van der Waals surface area contributed by atoms with Crippen molar-refractivity contribution in [2.45, 2.75) is 45.2 Å². The zero-order chi connectivity index (χ0) is 33.5. The summed E-state index contributed by atoms with van der Waals surface area (Å²) in [6.45, 7) is 3.79. The van der Waals surface area contributed by atoms with E-state index in [1.165, 1.54) is 6.07 Å². The Balaban J connectivity index is 1.21. The molecule has 14 heteroatoms. The molecule has 2 aliphatic rings. The Morgan fingerprint density at radius 3 is 2.45 bits per heavy atom. The van der Waals surface area contributed by atoms with Crippen LogP contribution in [0.15, 0.2) is 54.6 Å². The molecule has 2 aliphatic heterocycles. The third-order valence-electron chi connectivity index (χ3n) is 7.43. The monoisotopic (exact) mass is 648 g/mol. The molecule has 0 spiro atoms. The number of carbonyl (C=O) groups excluding carboxylic acids is 3. The highest BCUT2D eigenvalue weighted by molar-refractivity contribution is 6.01. The molecular weight excluding hydrogens is 612 g/mol. The normalized spacial score (nSPS) is 13.9. The lowest BCUT2D eigenvalue weighted by Gasteiger charge is -2.24. The van der Waals surface area contributed by atoms with E-state index < -0.39 is 42.5 Å². The van der Waals surface area contributed by atoms with Gasteiger partial charge in [-0.1, -0.05) is 32.0 Å². The minimum Gasteiger partial charge on any atom is -0.506 e. The molecule has 6 N–H and O–H groups in total. The number of para-hydroxylation sites is 2. The molecule has 14 nitrogen and oxygen atoms in total. The maximum absolute atomic E-state index is 13.4. The highest BCUT2D eigenvalue weighted by Gasteiger charge is 2.28. The predicted octanol–water partition coefficient (Wildman–Crippen LogP) is 3.94.